The summed E-state index contributed by atoms with van der Waals surface area (Å²) < 4.78 is 41.0. The molecule has 8 heteroatoms. The third kappa shape index (κ3) is 8.41. The number of hydrogen-bond acceptors (Lipinski definition) is 3. The van der Waals surface area contributed by atoms with Crippen molar-refractivity contribution in [3.05, 3.63) is 70.8 Å². The van der Waals surface area contributed by atoms with E-state index < -0.39 is 18.8 Å². The smallest absolute Gasteiger partial charge is 0.367 e. The largest absolute Gasteiger partial charge is 0.411 e. The number of nitrogens with one attached hydrogen (secondary N) is 2. The van der Waals surface area contributed by atoms with Crippen LogP contribution in [-0.2, 0) is 22.7 Å². The summed E-state index contributed by atoms with van der Waals surface area (Å²) in [6.45, 7) is 4.40. The number of halogens is 3. The maximum Gasteiger partial charge on any atom is 0.411 e. The van der Waals surface area contributed by atoms with Crippen LogP contribution in [0.2, 0.25) is 0 Å². The Hall–Kier alpha value is -2.87. The van der Waals surface area contributed by atoms with Gasteiger partial charge in [-0.1, -0.05) is 55.8 Å². The molecule has 0 aliphatic heterocycles. The third-order valence-electron chi connectivity index (χ3n) is 4.57. The van der Waals surface area contributed by atoms with Gasteiger partial charge in [0.2, 0.25) is 5.91 Å². The number of benzene rings is 2. The van der Waals surface area contributed by atoms with Crippen LogP contribution >= 0.6 is 0 Å². The fourth-order valence-corrected chi connectivity index (χ4v) is 2.80. The number of alkyl halides is 3. The molecule has 2 aromatic rings. The first-order valence-corrected chi connectivity index (χ1v) is 9.92. The van der Waals surface area contributed by atoms with E-state index in [2.05, 4.69) is 15.4 Å². The average molecular weight is 436 g/mol. The number of rotatable bonds is 9. The van der Waals surface area contributed by atoms with Crippen LogP contribution in [0.25, 0.3) is 0 Å². The van der Waals surface area contributed by atoms with Crippen molar-refractivity contribution in [2.45, 2.75) is 46.1 Å². The highest BCUT2D eigenvalue weighted by molar-refractivity contribution is 5.97. The minimum absolute atomic E-state index is 0.123. The van der Waals surface area contributed by atoms with E-state index in [1.165, 1.54) is 0 Å². The summed E-state index contributed by atoms with van der Waals surface area (Å²) in [7, 11) is 0. The molecule has 5 nitrogen and oxygen atoms in total. The standard InChI is InChI=1S/C23H27F3N2O3/c1-15(2)20(28-21(29)19-10-4-16(3)5-11-19)22(30)27-12-17-6-8-18(9-7-17)13-31-14-23(24,25)26/h4-11,15,20H,12-14H2,1-3H3,(H,27,30)(H,28,29)/t20-/m0/s1. The lowest BCUT2D eigenvalue weighted by molar-refractivity contribution is -0.176. The topological polar surface area (TPSA) is 67.4 Å². The highest BCUT2D eigenvalue weighted by Gasteiger charge is 2.27. The summed E-state index contributed by atoms with van der Waals surface area (Å²) in [5.41, 5.74) is 2.89. The van der Waals surface area contributed by atoms with Gasteiger partial charge in [-0.3, -0.25) is 9.59 Å². The molecule has 0 aliphatic carbocycles. The Bertz CT molecular complexity index is 863. The van der Waals surface area contributed by atoms with Crippen molar-refractivity contribution < 1.29 is 27.5 Å². The van der Waals surface area contributed by atoms with Gasteiger partial charge in [-0.25, -0.2) is 0 Å². The number of amides is 2. The Morgan fingerprint density at radius 3 is 2.10 bits per heavy atom. The second kappa shape index (κ2) is 10.9. The lowest BCUT2D eigenvalue weighted by Crippen LogP contribution is -2.49. The molecular weight excluding hydrogens is 409 g/mol. The van der Waals surface area contributed by atoms with Crippen LogP contribution in [0.3, 0.4) is 0 Å². The number of hydrogen-bond donors (Lipinski definition) is 2. The summed E-state index contributed by atoms with van der Waals surface area (Å²) >= 11 is 0. The molecule has 2 aromatic carbocycles. The predicted octanol–water partition coefficient (Wildman–Crippen LogP) is 4.14. The van der Waals surface area contributed by atoms with Gasteiger partial charge in [0.05, 0.1) is 6.61 Å². The molecule has 2 N–H and O–H groups in total. The van der Waals surface area contributed by atoms with Crippen LogP contribution in [0.1, 0.15) is 40.9 Å². The van der Waals surface area contributed by atoms with Crippen LogP contribution in [-0.4, -0.2) is 30.6 Å². The first-order valence-electron chi connectivity index (χ1n) is 9.92. The predicted molar refractivity (Wildman–Crippen MR) is 111 cm³/mol. The fraction of sp³-hybridized carbons (Fsp3) is 0.391. The molecule has 2 rings (SSSR count). The second-order valence-corrected chi connectivity index (χ2v) is 7.70. The first kappa shape index (κ1) is 24.4. The molecule has 0 aliphatic rings. The minimum Gasteiger partial charge on any atom is -0.367 e. The van der Waals surface area contributed by atoms with Crippen molar-refractivity contribution in [1.82, 2.24) is 10.6 Å². The highest BCUT2D eigenvalue weighted by Crippen LogP contribution is 2.16. The van der Waals surface area contributed by atoms with E-state index in [0.29, 0.717) is 11.1 Å². The lowest BCUT2D eigenvalue weighted by Gasteiger charge is -2.22. The van der Waals surface area contributed by atoms with E-state index in [9.17, 15) is 22.8 Å². The Morgan fingerprint density at radius 2 is 1.55 bits per heavy atom. The van der Waals surface area contributed by atoms with Gasteiger partial charge in [-0.15, -0.1) is 0 Å². The molecule has 31 heavy (non-hydrogen) atoms. The van der Waals surface area contributed by atoms with Crippen LogP contribution in [0.5, 0.6) is 0 Å². The third-order valence-corrected chi connectivity index (χ3v) is 4.57. The molecule has 2 amide bonds. The maximum atomic E-state index is 12.6. The van der Waals surface area contributed by atoms with Gasteiger partial charge in [0.25, 0.3) is 5.91 Å². The number of carbonyl (C=O) groups excluding carboxylic acids is 2. The van der Waals surface area contributed by atoms with Crippen LogP contribution < -0.4 is 10.6 Å². The van der Waals surface area contributed by atoms with Gasteiger partial charge < -0.3 is 15.4 Å². The minimum atomic E-state index is -4.36. The van der Waals surface area contributed by atoms with Crippen molar-refractivity contribution in [2.75, 3.05) is 6.61 Å². The first-order chi connectivity index (χ1) is 14.5. The Labute approximate surface area is 180 Å². The van der Waals surface area contributed by atoms with Crippen molar-refractivity contribution >= 4 is 11.8 Å². The molecule has 0 spiro atoms. The zero-order valence-corrected chi connectivity index (χ0v) is 17.8. The molecule has 0 aromatic heterocycles. The Kier molecular flexibility index (Phi) is 8.62. The summed E-state index contributed by atoms with van der Waals surface area (Å²) in [6.07, 6.45) is -4.36. The van der Waals surface area contributed by atoms with Crippen LogP contribution in [0.4, 0.5) is 13.2 Å². The van der Waals surface area contributed by atoms with Gasteiger partial charge in [-0.05, 0) is 36.1 Å². The Balaban J connectivity index is 1.88. The Morgan fingerprint density at radius 1 is 0.968 bits per heavy atom. The summed E-state index contributed by atoms with van der Waals surface area (Å²) in [6, 6.07) is 13.1. The average Bonchev–Trinajstić information content (AvgIpc) is 2.70. The van der Waals surface area contributed by atoms with Gasteiger partial charge >= 0.3 is 6.18 Å². The van der Waals surface area contributed by atoms with Crippen molar-refractivity contribution in [3.8, 4) is 0 Å². The molecular formula is C23H27F3N2O3. The molecule has 0 saturated carbocycles. The van der Waals surface area contributed by atoms with Crippen molar-refractivity contribution in [2.24, 2.45) is 5.92 Å². The molecule has 0 saturated heterocycles. The highest BCUT2D eigenvalue weighted by atomic mass is 19.4. The fourth-order valence-electron chi connectivity index (χ4n) is 2.80. The summed E-state index contributed by atoms with van der Waals surface area (Å²) in [5.74, 6) is -0.757. The van der Waals surface area contributed by atoms with E-state index in [4.69, 9.17) is 0 Å². The molecule has 0 unspecified atom stereocenters. The van der Waals surface area contributed by atoms with Gasteiger partial charge in [0, 0.05) is 12.1 Å². The maximum absolute atomic E-state index is 12.6. The molecule has 0 heterocycles. The summed E-state index contributed by atoms with van der Waals surface area (Å²) in [5, 5.41) is 5.57. The van der Waals surface area contributed by atoms with Gasteiger partial charge in [-0.2, -0.15) is 13.2 Å². The monoisotopic (exact) mass is 436 g/mol. The van der Waals surface area contributed by atoms with E-state index in [0.717, 1.165) is 11.1 Å². The molecule has 0 bridgehead atoms. The zero-order valence-electron chi connectivity index (χ0n) is 17.8. The quantitative estimate of drug-likeness (QED) is 0.621. The second-order valence-electron chi connectivity index (χ2n) is 7.70. The molecule has 1 atom stereocenters. The number of carbonyl (C=O) groups is 2. The van der Waals surface area contributed by atoms with Gasteiger partial charge in [0.15, 0.2) is 0 Å². The normalized spacial score (nSPS) is 12.5. The van der Waals surface area contributed by atoms with Crippen molar-refractivity contribution in [3.63, 3.8) is 0 Å². The van der Waals surface area contributed by atoms with E-state index >= 15 is 0 Å². The van der Waals surface area contributed by atoms with Gasteiger partial charge in [0.1, 0.15) is 12.6 Å². The SMILES string of the molecule is Cc1ccc(C(=O)N[C@H](C(=O)NCc2ccc(COCC(F)(F)F)cc2)C(C)C)cc1. The summed E-state index contributed by atoms with van der Waals surface area (Å²) in [4.78, 5) is 25.1. The lowest BCUT2D eigenvalue weighted by atomic mass is 10.0. The van der Waals surface area contributed by atoms with Crippen molar-refractivity contribution in [1.29, 1.82) is 0 Å². The molecule has 0 radical (unpaired) electrons. The molecule has 168 valence electrons. The number of aryl methyl sites for hydroxylation is 1. The van der Waals surface area contributed by atoms with Crippen LogP contribution in [0.15, 0.2) is 48.5 Å². The number of ether oxygens (including phenoxy) is 1. The van der Waals surface area contributed by atoms with E-state index in [-0.39, 0.29) is 30.9 Å². The molecule has 0 fully saturated rings. The zero-order chi connectivity index (χ0) is 23.0. The van der Waals surface area contributed by atoms with Crippen LogP contribution in [0, 0.1) is 12.8 Å². The van der Waals surface area contributed by atoms with E-state index in [1.54, 1.807) is 36.4 Å². The van der Waals surface area contributed by atoms with E-state index in [1.807, 2.05) is 32.9 Å².